The number of H-pyrrole nitrogens is 1. The second kappa shape index (κ2) is 9.16. The van der Waals surface area contributed by atoms with Crippen molar-refractivity contribution in [1.29, 1.82) is 5.26 Å². The van der Waals surface area contributed by atoms with E-state index in [1.807, 2.05) is 25.1 Å². The van der Waals surface area contributed by atoms with Crippen molar-refractivity contribution < 1.29 is 9.47 Å². The first-order valence-corrected chi connectivity index (χ1v) is 12.2. The summed E-state index contributed by atoms with van der Waals surface area (Å²) in [6, 6.07) is 7.80. The molecule has 0 spiro atoms. The predicted molar refractivity (Wildman–Crippen MR) is 140 cm³/mol. The van der Waals surface area contributed by atoms with Gasteiger partial charge in [0.05, 0.1) is 28.2 Å². The number of nitrogens with zero attached hydrogens (tertiary/aromatic N) is 5. The van der Waals surface area contributed by atoms with Gasteiger partial charge in [-0.25, -0.2) is 4.98 Å². The van der Waals surface area contributed by atoms with E-state index in [4.69, 9.17) is 32.7 Å². The molecule has 1 aliphatic heterocycles. The zero-order chi connectivity index (χ0) is 25.6. The van der Waals surface area contributed by atoms with Crippen molar-refractivity contribution in [2.45, 2.75) is 38.8 Å². The minimum Gasteiger partial charge on any atom is -0.493 e. The van der Waals surface area contributed by atoms with Crippen LogP contribution >= 0.6 is 23.2 Å². The molecule has 8 nitrogen and oxygen atoms in total. The van der Waals surface area contributed by atoms with Crippen molar-refractivity contribution in [1.82, 2.24) is 20.2 Å². The summed E-state index contributed by atoms with van der Waals surface area (Å²) in [6.45, 7) is 7.03. The van der Waals surface area contributed by atoms with Crippen LogP contribution in [0.15, 0.2) is 36.8 Å². The van der Waals surface area contributed by atoms with Gasteiger partial charge in [-0.1, -0.05) is 23.2 Å². The first-order valence-electron chi connectivity index (χ1n) is 11.4. The maximum Gasteiger partial charge on any atom is 0.162 e. The van der Waals surface area contributed by atoms with Crippen molar-refractivity contribution in [3.8, 4) is 28.8 Å². The number of pyridine rings is 2. The van der Waals surface area contributed by atoms with E-state index < -0.39 is 6.10 Å². The monoisotopic (exact) mass is 522 g/mol. The van der Waals surface area contributed by atoms with Crippen LogP contribution in [0.4, 0.5) is 5.82 Å². The zero-order valence-electron chi connectivity index (χ0n) is 20.3. The SMILES string of the molecule is COc1cc2[nH]nc(-c3cnc(N4CCC4(C)C)c(C#N)c3)c2cc1O[C@H](C)c1c(Cl)cncc1Cl. The van der Waals surface area contributed by atoms with Gasteiger partial charge in [0, 0.05) is 53.3 Å². The lowest BCUT2D eigenvalue weighted by Crippen LogP contribution is -2.56. The minimum atomic E-state index is -0.472. The molecule has 0 unspecified atom stereocenters. The fourth-order valence-corrected chi connectivity index (χ4v) is 5.18. The number of hydrogen-bond donors (Lipinski definition) is 1. The molecule has 0 amide bonds. The number of hydrogen-bond acceptors (Lipinski definition) is 7. The summed E-state index contributed by atoms with van der Waals surface area (Å²) in [5.74, 6) is 1.72. The number of benzene rings is 1. The molecular weight excluding hydrogens is 499 g/mol. The molecule has 1 aromatic carbocycles. The fourth-order valence-electron chi connectivity index (χ4n) is 4.50. The molecule has 1 N–H and O–H groups in total. The fraction of sp³-hybridized carbons (Fsp3) is 0.308. The number of nitrogens with one attached hydrogen (secondary N) is 1. The van der Waals surface area contributed by atoms with Crippen molar-refractivity contribution >= 4 is 39.9 Å². The lowest BCUT2D eigenvalue weighted by Gasteiger charge is -2.49. The number of fused-ring (bicyclic) bond motifs is 1. The molecule has 3 aromatic heterocycles. The van der Waals surface area contributed by atoms with E-state index in [9.17, 15) is 5.26 Å². The summed E-state index contributed by atoms with van der Waals surface area (Å²) in [5.41, 5.74) is 3.27. The van der Waals surface area contributed by atoms with Crippen LogP contribution in [0.5, 0.6) is 11.5 Å². The normalized spacial score (nSPS) is 15.3. The Morgan fingerprint density at radius 2 is 1.89 bits per heavy atom. The Balaban J connectivity index is 1.54. The van der Waals surface area contributed by atoms with Gasteiger partial charge in [0.1, 0.15) is 23.7 Å². The molecule has 1 atom stereocenters. The van der Waals surface area contributed by atoms with Gasteiger partial charge in [-0.05, 0) is 39.3 Å². The second-order valence-corrected chi connectivity index (χ2v) is 10.1. The molecule has 5 rings (SSSR count). The van der Waals surface area contributed by atoms with Crippen LogP contribution in [-0.2, 0) is 0 Å². The molecule has 10 heteroatoms. The van der Waals surface area contributed by atoms with Crippen LogP contribution in [0, 0.1) is 11.3 Å². The molecular formula is C26H24Cl2N6O2. The number of aromatic nitrogens is 4. The molecule has 184 valence electrons. The molecule has 4 aromatic rings. The number of halogens is 2. The average Bonchev–Trinajstić information content (AvgIpc) is 3.25. The molecule has 36 heavy (non-hydrogen) atoms. The van der Waals surface area contributed by atoms with E-state index in [1.54, 1.807) is 13.3 Å². The van der Waals surface area contributed by atoms with Crippen molar-refractivity contribution in [2.75, 3.05) is 18.6 Å². The van der Waals surface area contributed by atoms with Crippen molar-refractivity contribution in [2.24, 2.45) is 0 Å². The number of aromatic amines is 1. The van der Waals surface area contributed by atoms with Gasteiger partial charge < -0.3 is 14.4 Å². The van der Waals surface area contributed by atoms with E-state index >= 15 is 0 Å². The Morgan fingerprint density at radius 1 is 1.14 bits per heavy atom. The highest BCUT2D eigenvalue weighted by Crippen LogP contribution is 2.41. The Kier molecular flexibility index (Phi) is 6.15. The highest BCUT2D eigenvalue weighted by molar-refractivity contribution is 6.35. The minimum absolute atomic E-state index is 0.0146. The van der Waals surface area contributed by atoms with Crippen LogP contribution in [0.25, 0.3) is 22.2 Å². The van der Waals surface area contributed by atoms with Gasteiger partial charge in [0.25, 0.3) is 0 Å². The molecule has 0 bridgehead atoms. The quantitative estimate of drug-likeness (QED) is 0.315. The zero-order valence-corrected chi connectivity index (χ0v) is 21.8. The van der Waals surface area contributed by atoms with Gasteiger partial charge >= 0.3 is 0 Å². The smallest absolute Gasteiger partial charge is 0.162 e. The third-order valence-corrected chi connectivity index (χ3v) is 7.24. The van der Waals surface area contributed by atoms with E-state index in [1.165, 1.54) is 12.4 Å². The van der Waals surface area contributed by atoms with Crippen molar-refractivity contribution in [3.63, 3.8) is 0 Å². The van der Waals surface area contributed by atoms with Crippen LogP contribution in [-0.4, -0.2) is 39.4 Å². The van der Waals surface area contributed by atoms with Crippen LogP contribution in [0.2, 0.25) is 10.0 Å². The first kappa shape index (κ1) is 24.2. The maximum atomic E-state index is 9.85. The summed E-state index contributed by atoms with van der Waals surface area (Å²) < 4.78 is 11.8. The van der Waals surface area contributed by atoms with Crippen LogP contribution in [0.3, 0.4) is 0 Å². The molecule has 1 aliphatic rings. The Hall–Kier alpha value is -3.54. The van der Waals surface area contributed by atoms with E-state index in [-0.39, 0.29) is 5.54 Å². The molecule has 1 saturated heterocycles. The third kappa shape index (κ3) is 4.08. The van der Waals surface area contributed by atoms with Gasteiger partial charge in [-0.2, -0.15) is 10.4 Å². The predicted octanol–water partition coefficient (Wildman–Crippen LogP) is 6.34. The van der Waals surface area contributed by atoms with Gasteiger partial charge in [0.2, 0.25) is 0 Å². The largest absolute Gasteiger partial charge is 0.493 e. The van der Waals surface area contributed by atoms with Gasteiger partial charge in [0.15, 0.2) is 11.5 Å². The summed E-state index contributed by atoms with van der Waals surface area (Å²) in [4.78, 5) is 10.8. The molecule has 0 saturated carbocycles. The van der Waals surface area contributed by atoms with E-state index in [0.29, 0.717) is 44.2 Å². The van der Waals surface area contributed by atoms with Crippen LogP contribution < -0.4 is 14.4 Å². The topological polar surface area (TPSA) is 100.0 Å². The van der Waals surface area contributed by atoms with E-state index in [0.717, 1.165) is 29.4 Å². The Morgan fingerprint density at radius 3 is 2.50 bits per heavy atom. The van der Waals surface area contributed by atoms with Gasteiger partial charge in [-0.3, -0.25) is 10.1 Å². The van der Waals surface area contributed by atoms with Crippen molar-refractivity contribution in [3.05, 3.63) is 58.0 Å². The summed E-state index contributed by atoms with van der Waals surface area (Å²) in [7, 11) is 1.57. The molecule has 0 radical (unpaired) electrons. The highest BCUT2D eigenvalue weighted by atomic mass is 35.5. The molecule has 1 fully saturated rings. The van der Waals surface area contributed by atoms with Crippen LogP contribution in [0.1, 0.15) is 44.4 Å². The summed E-state index contributed by atoms with van der Waals surface area (Å²) in [6.07, 6.45) is 5.40. The third-order valence-electron chi connectivity index (χ3n) is 6.64. The summed E-state index contributed by atoms with van der Waals surface area (Å²) >= 11 is 12.7. The molecule has 0 aliphatic carbocycles. The average molecular weight is 523 g/mol. The Labute approximate surface area is 218 Å². The maximum absolute atomic E-state index is 9.85. The Bertz CT molecular complexity index is 1490. The first-order chi connectivity index (χ1) is 17.2. The number of nitriles is 1. The number of rotatable bonds is 6. The standard InChI is InChI=1S/C26H24Cl2N6O2/c1-14(23-18(27)12-30-13-19(23)28)36-22-8-17-20(9-21(22)35-4)32-33-24(17)16-7-15(10-29)25(31-11-16)34-6-5-26(34,2)3/h7-9,11-14H,5-6H2,1-4H3,(H,32,33)/t14-/m1/s1. The number of methoxy groups -OCH3 is 1. The van der Waals surface area contributed by atoms with E-state index in [2.05, 4.69) is 45.0 Å². The lowest BCUT2D eigenvalue weighted by atomic mass is 9.88. The van der Waals surface area contributed by atoms with Gasteiger partial charge in [-0.15, -0.1) is 0 Å². The summed E-state index contributed by atoms with van der Waals surface area (Å²) in [5, 5.41) is 19.0. The highest BCUT2D eigenvalue weighted by Gasteiger charge is 2.38. The second-order valence-electron chi connectivity index (χ2n) is 9.32. The lowest BCUT2D eigenvalue weighted by molar-refractivity contribution is 0.216. The molecule has 4 heterocycles. The number of ether oxygens (including phenoxy) is 2. The number of anilines is 1.